The highest BCUT2D eigenvalue weighted by Gasteiger charge is 2.22. The Labute approximate surface area is 88.6 Å². The van der Waals surface area contributed by atoms with Gasteiger partial charge in [-0.3, -0.25) is 0 Å². The van der Waals surface area contributed by atoms with Crippen LogP contribution in [0.4, 0.5) is 10.5 Å². The van der Waals surface area contributed by atoms with Gasteiger partial charge in [0.1, 0.15) is 0 Å². The topological polar surface area (TPSA) is 53.7 Å². The number of urea groups is 1. The van der Waals surface area contributed by atoms with Crippen molar-refractivity contribution < 1.29 is 9.53 Å². The molecule has 4 nitrogen and oxygen atoms in total. The van der Waals surface area contributed by atoms with E-state index < -0.39 is 0 Å². The summed E-state index contributed by atoms with van der Waals surface area (Å²) in [6.45, 7) is 3.29. The van der Waals surface area contributed by atoms with Gasteiger partial charge in [-0.05, 0) is 18.6 Å². The number of amides is 2. The van der Waals surface area contributed by atoms with Crippen LogP contribution in [-0.2, 0) is 4.74 Å². The van der Waals surface area contributed by atoms with Crippen molar-refractivity contribution in [1.29, 1.82) is 0 Å². The highest BCUT2D eigenvalue weighted by Crippen LogP contribution is 2.12. The average Bonchev–Trinajstić information content (AvgIpc) is 3.02. The molecule has 1 aromatic rings. The van der Waals surface area contributed by atoms with Gasteiger partial charge in [0.05, 0.1) is 12.7 Å². The smallest absolute Gasteiger partial charge is 0.319 e. The minimum absolute atomic E-state index is 0.181. The second-order valence-electron chi connectivity index (χ2n) is 3.61. The van der Waals surface area contributed by atoms with Crippen molar-refractivity contribution in [3.8, 4) is 0 Å². The van der Waals surface area contributed by atoms with Gasteiger partial charge in [0, 0.05) is 12.2 Å². The molecule has 1 heterocycles. The molecule has 0 saturated carbocycles. The van der Waals surface area contributed by atoms with Gasteiger partial charge in [-0.1, -0.05) is 18.2 Å². The number of benzene rings is 1. The quantitative estimate of drug-likeness (QED) is 0.736. The molecule has 1 aliphatic rings. The van der Waals surface area contributed by atoms with Gasteiger partial charge in [-0.15, -0.1) is 0 Å². The van der Waals surface area contributed by atoms with E-state index in [0.29, 0.717) is 6.54 Å². The number of aryl methyl sites for hydroxylation is 1. The predicted molar refractivity (Wildman–Crippen MR) is 57.9 cm³/mol. The van der Waals surface area contributed by atoms with Gasteiger partial charge in [0.25, 0.3) is 0 Å². The van der Waals surface area contributed by atoms with Crippen molar-refractivity contribution in [2.24, 2.45) is 0 Å². The molecule has 0 bridgehead atoms. The summed E-state index contributed by atoms with van der Waals surface area (Å²) in [5.74, 6) is 0. The first-order valence-electron chi connectivity index (χ1n) is 4.98. The molecule has 1 atom stereocenters. The Morgan fingerprint density at radius 1 is 1.53 bits per heavy atom. The van der Waals surface area contributed by atoms with Gasteiger partial charge in [-0.25, -0.2) is 4.79 Å². The molecule has 2 N–H and O–H groups in total. The Bertz CT molecular complexity index is 361. The number of para-hydroxylation sites is 1. The van der Waals surface area contributed by atoms with Gasteiger partial charge >= 0.3 is 6.03 Å². The van der Waals surface area contributed by atoms with E-state index in [1.807, 2.05) is 31.2 Å². The van der Waals surface area contributed by atoms with Crippen LogP contribution < -0.4 is 10.6 Å². The predicted octanol–water partition coefficient (Wildman–Crippen LogP) is 1.52. The fourth-order valence-corrected chi connectivity index (χ4v) is 1.27. The maximum Gasteiger partial charge on any atom is 0.319 e. The molecule has 0 aliphatic carbocycles. The number of rotatable bonds is 3. The summed E-state index contributed by atoms with van der Waals surface area (Å²) in [6, 6.07) is 7.49. The van der Waals surface area contributed by atoms with Crippen LogP contribution in [0.25, 0.3) is 0 Å². The molecule has 1 saturated heterocycles. The van der Waals surface area contributed by atoms with E-state index >= 15 is 0 Å². The van der Waals surface area contributed by atoms with Crippen LogP contribution in [0.3, 0.4) is 0 Å². The number of anilines is 1. The Kier molecular flexibility index (Phi) is 2.87. The van der Waals surface area contributed by atoms with Gasteiger partial charge in [0.2, 0.25) is 0 Å². The fraction of sp³-hybridized carbons (Fsp3) is 0.364. The number of carbonyl (C=O) groups excluding carboxylic acids is 1. The highest BCUT2D eigenvalue weighted by molar-refractivity contribution is 5.90. The Morgan fingerprint density at radius 3 is 2.93 bits per heavy atom. The van der Waals surface area contributed by atoms with Crippen LogP contribution in [0.5, 0.6) is 0 Å². The molecule has 4 heteroatoms. The van der Waals surface area contributed by atoms with Crippen LogP contribution >= 0.6 is 0 Å². The third-order valence-corrected chi connectivity index (χ3v) is 2.29. The fourth-order valence-electron chi connectivity index (χ4n) is 1.27. The normalized spacial score (nSPS) is 18.3. The Morgan fingerprint density at radius 2 is 2.27 bits per heavy atom. The van der Waals surface area contributed by atoms with E-state index in [4.69, 9.17) is 4.74 Å². The average molecular weight is 206 g/mol. The molecule has 0 aromatic heterocycles. The minimum atomic E-state index is -0.181. The first-order valence-corrected chi connectivity index (χ1v) is 4.98. The molecular formula is C11H14N2O2. The number of carbonyl (C=O) groups is 1. The molecule has 0 unspecified atom stereocenters. The summed E-state index contributed by atoms with van der Waals surface area (Å²) < 4.78 is 4.99. The molecule has 0 spiro atoms. The van der Waals surface area contributed by atoms with Crippen molar-refractivity contribution in [1.82, 2.24) is 5.32 Å². The summed E-state index contributed by atoms with van der Waals surface area (Å²) in [5, 5.41) is 5.53. The largest absolute Gasteiger partial charge is 0.371 e. The lowest BCUT2D eigenvalue weighted by Gasteiger charge is -2.08. The minimum Gasteiger partial charge on any atom is -0.371 e. The molecule has 80 valence electrons. The highest BCUT2D eigenvalue weighted by atomic mass is 16.6. The number of nitrogens with one attached hydrogen (secondary N) is 2. The summed E-state index contributed by atoms with van der Waals surface area (Å²) >= 11 is 0. The maximum absolute atomic E-state index is 11.4. The van der Waals surface area contributed by atoms with E-state index in [2.05, 4.69) is 10.6 Å². The third-order valence-electron chi connectivity index (χ3n) is 2.29. The zero-order valence-corrected chi connectivity index (χ0v) is 8.62. The van der Waals surface area contributed by atoms with Crippen molar-refractivity contribution in [3.63, 3.8) is 0 Å². The van der Waals surface area contributed by atoms with Crippen molar-refractivity contribution in [2.45, 2.75) is 13.0 Å². The number of hydrogen-bond acceptors (Lipinski definition) is 2. The third kappa shape index (κ3) is 2.95. The molecule has 2 amide bonds. The molecule has 1 fully saturated rings. The van der Waals surface area contributed by atoms with Crippen molar-refractivity contribution in [2.75, 3.05) is 18.5 Å². The second-order valence-corrected chi connectivity index (χ2v) is 3.61. The molecule has 0 radical (unpaired) electrons. The number of epoxide rings is 1. The zero-order valence-electron chi connectivity index (χ0n) is 8.62. The standard InChI is InChI=1S/C11H14N2O2/c1-8-4-2-3-5-10(8)13-11(14)12-6-9-7-15-9/h2-5,9H,6-7H2,1H3,(H2,12,13,14)/t9-/m1/s1. The van der Waals surface area contributed by atoms with E-state index in [0.717, 1.165) is 17.9 Å². The second kappa shape index (κ2) is 4.31. The summed E-state index contributed by atoms with van der Waals surface area (Å²) in [6.07, 6.45) is 0.215. The lowest BCUT2D eigenvalue weighted by atomic mass is 10.2. The van der Waals surface area contributed by atoms with Crippen LogP contribution in [0, 0.1) is 6.92 Å². The SMILES string of the molecule is Cc1ccccc1NC(=O)NC[C@@H]1CO1. The van der Waals surface area contributed by atoms with Gasteiger partial charge < -0.3 is 15.4 Å². The first-order chi connectivity index (χ1) is 7.25. The van der Waals surface area contributed by atoms with Crippen molar-refractivity contribution in [3.05, 3.63) is 29.8 Å². The maximum atomic E-state index is 11.4. The van der Waals surface area contributed by atoms with Crippen LogP contribution in [0.15, 0.2) is 24.3 Å². The number of hydrogen-bond donors (Lipinski definition) is 2. The van der Waals surface area contributed by atoms with E-state index in [1.165, 1.54) is 0 Å². The van der Waals surface area contributed by atoms with Gasteiger partial charge in [0.15, 0.2) is 0 Å². The first kappa shape index (κ1) is 9.98. The lowest BCUT2D eigenvalue weighted by molar-refractivity contribution is 0.250. The number of ether oxygens (including phenoxy) is 1. The van der Waals surface area contributed by atoms with Crippen molar-refractivity contribution >= 4 is 11.7 Å². The molecule has 1 aromatic carbocycles. The molecule has 2 rings (SSSR count). The van der Waals surface area contributed by atoms with Crippen LogP contribution in [0.2, 0.25) is 0 Å². The van der Waals surface area contributed by atoms with E-state index in [1.54, 1.807) is 0 Å². The van der Waals surface area contributed by atoms with Gasteiger partial charge in [-0.2, -0.15) is 0 Å². The summed E-state index contributed by atoms with van der Waals surface area (Å²) in [4.78, 5) is 11.4. The summed E-state index contributed by atoms with van der Waals surface area (Å²) in [7, 11) is 0. The van der Waals surface area contributed by atoms with Crippen LogP contribution in [-0.4, -0.2) is 25.3 Å². The van der Waals surface area contributed by atoms with E-state index in [9.17, 15) is 4.79 Å². The Balaban J connectivity index is 1.84. The van der Waals surface area contributed by atoms with Crippen LogP contribution in [0.1, 0.15) is 5.56 Å². The Hall–Kier alpha value is -1.55. The zero-order chi connectivity index (χ0) is 10.7. The summed E-state index contributed by atoms with van der Waals surface area (Å²) in [5.41, 5.74) is 1.89. The monoisotopic (exact) mass is 206 g/mol. The van der Waals surface area contributed by atoms with E-state index in [-0.39, 0.29) is 12.1 Å². The molecule has 1 aliphatic heterocycles. The lowest BCUT2D eigenvalue weighted by Crippen LogP contribution is -2.31. The molecule has 15 heavy (non-hydrogen) atoms. The molecular weight excluding hydrogens is 192 g/mol.